The number of aryl methyl sites for hydroxylation is 2. The van der Waals surface area contributed by atoms with E-state index in [1.807, 2.05) is 6.08 Å². The molecule has 0 aliphatic heterocycles. The van der Waals surface area contributed by atoms with Crippen molar-refractivity contribution in [3.8, 4) is 0 Å². The third-order valence-corrected chi connectivity index (χ3v) is 3.48. The highest BCUT2D eigenvalue weighted by Crippen LogP contribution is 2.22. The number of unbranched alkanes of at least 4 members (excludes halogenated alkanes) is 1. The van der Waals surface area contributed by atoms with Crippen LogP contribution in [0.2, 0.25) is 0 Å². The van der Waals surface area contributed by atoms with Gasteiger partial charge in [0.25, 0.3) is 0 Å². The molecular formula is C17H27N. The minimum atomic E-state index is 0.490. The third-order valence-electron chi connectivity index (χ3n) is 3.48. The molecule has 0 spiro atoms. The van der Waals surface area contributed by atoms with Crippen molar-refractivity contribution in [2.45, 2.75) is 52.5 Å². The third kappa shape index (κ3) is 4.66. The van der Waals surface area contributed by atoms with Crippen molar-refractivity contribution >= 4 is 0 Å². The molecule has 18 heavy (non-hydrogen) atoms. The summed E-state index contributed by atoms with van der Waals surface area (Å²) in [6, 6.07) is 7.32. The Morgan fingerprint density at radius 3 is 2.67 bits per heavy atom. The number of benzene rings is 1. The molecule has 0 saturated heterocycles. The number of allylic oxidation sites excluding steroid dienone is 1. The van der Waals surface area contributed by atoms with Gasteiger partial charge in [0.05, 0.1) is 0 Å². The smallest absolute Gasteiger partial charge is 0.0320 e. The fraction of sp³-hybridized carbons (Fsp3) is 0.529. The van der Waals surface area contributed by atoms with Crippen LogP contribution in [0, 0.1) is 13.8 Å². The van der Waals surface area contributed by atoms with Crippen LogP contribution < -0.4 is 5.32 Å². The molecule has 1 aromatic rings. The highest BCUT2D eigenvalue weighted by Gasteiger charge is 2.10. The quantitative estimate of drug-likeness (QED) is 0.517. The number of nitrogens with one attached hydrogen (secondary N) is 1. The molecule has 100 valence electrons. The molecule has 0 fully saturated rings. The normalized spacial score (nSPS) is 12.4. The summed E-state index contributed by atoms with van der Waals surface area (Å²) in [6.07, 6.45) is 6.70. The van der Waals surface area contributed by atoms with Crippen LogP contribution in [0.1, 0.15) is 55.3 Å². The summed E-state index contributed by atoms with van der Waals surface area (Å²) in [7, 11) is 0. The van der Waals surface area contributed by atoms with Crippen LogP contribution in [-0.4, -0.2) is 6.54 Å². The van der Waals surface area contributed by atoms with Gasteiger partial charge in [0, 0.05) is 6.04 Å². The molecule has 1 aromatic carbocycles. The van der Waals surface area contributed by atoms with Crippen molar-refractivity contribution in [3.63, 3.8) is 0 Å². The molecule has 1 unspecified atom stereocenters. The molecule has 0 radical (unpaired) electrons. The zero-order valence-corrected chi connectivity index (χ0v) is 12.1. The van der Waals surface area contributed by atoms with Crippen LogP contribution in [0.3, 0.4) is 0 Å². The van der Waals surface area contributed by atoms with E-state index < -0.39 is 0 Å². The minimum absolute atomic E-state index is 0.490. The molecule has 1 nitrogen and oxygen atoms in total. The van der Waals surface area contributed by atoms with Gasteiger partial charge >= 0.3 is 0 Å². The van der Waals surface area contributed by atoms with Crippen molar-refractivity contribution in [1.29, 1.82) is 0 Å². The summed E-state index contributed by atoms with van der Waals surface area (Å²) in [4.78, 5) is 0. The minimum Gasteiger partial charge on any atom is -0.310 e. The summed E-state index contributed by atoms with van der Waals surface area (Å²) < 4.78 is 0. The SMILES string of the molecule is C=CCCCC(NCCC)c1ccc(C)c(C)c1. The molecule has 1 N–H and O–H groups in total. The number of rotatable bonds is 8. The summed E-state index contributed by atoms with van der Waals surface area (Å²) in [5.74, 6) is 0. The van der Waals surface area contributed by atoms with Crippen molar-refractivity contribution in [2.75, 3.05) is 6.54 Å². The van der Waals surface area contributed by atoms with E-state index in [1.54, 1.807) is 0 Å². The van der Waals surface area contributed by atoms with Gasteiger partial charge in [-0.1, -0.05) is 31.2 Å². The first kappa shape index (κ1) is 15.0. The maximum atomic E-state index is 3.80. The van der Waals surface area contributed by atoms with Crippen molar-refractivity contribution in [3.05, 3.63) is 47.5 Å². The van der Waals surface area contributed by atoms with Crippen LogP contribution in [-0.2, 0) is 0 Å². The predicted octanol–water partition coefficient (Wildman–Crippen LogP) is 4.70. The maximum Gasteiger partial charge on any atom is 0.0320 e. The van der Waals surface area contributed by atoms with Gasteiger partial charge in [0.1, 0.15) is 0 Å². The van der Waals surface area contributed by atoms with Gasteiger partial charge in [0.2, 0.25) is 0 Å². The monoisotopic (exact) mass is 245 g/mol. The molecule has 0 aromatic heterocycles. The Morgan fingerprint density at radius 2 is 2.06 bits per heavy atom. The molecule has 0 saturated carbocycles. The van der Waals surface area contributed by atoms with Crippen molar-refractivity contribution in [1.82, 2.24) is 5.32 Å². The molecule has 1 atom stereocenters. The molecule has 0 aliphatic rings. The molecule has 1 heteroatoms. The Kier molecular flexibility index (Phi) is 6.74. The van der Waals surface area contributed by atoms with Gasteiger partial charge in [-0.25, -0.2) is 0 Å². The zero-order valence-electron chi connectivity index (χ0n) is 12.1. The lowest BCUT2D eigenvalue weighted by molar-refractivity contribution is 0.486. The second kappa shape index (κ2) is 8.10. The van der Waals surface area contributed by atoms with E-state index in [4.69, 9.17) is 0 Å². The van der Waals surface area contributed by atoms with Crippen molar-refractivity contribution < 1.29 is 0 Å². The highest BCUT2D eigenvalue weighted by atomic mass is 14.9. The van der Waals surface area contributed by atoms with E-state index in [2.05, 4.69) is 50.9 Å². The van der Waals surface area contributed by atoms with Gasteiger partial charge in [-0.05, 0) is 62.8 Å². The van der Waals surface area contributed by atoms with Crippen LogP contribution in [0.5, 0.6) is 0 Å². The summed E-state index contributed by atoms with van der Waals surface area (Å²) >= 11 is 0. The second-order valence-electron chi connectivity index (χ2n) is 5.07. The Bertz CT molecular complexity index is 368. The average Bonchev–Trinajstić information content (AvgIpc) is 2.37. The average molecular weight is 245 g/mol. The lowest BCUT2D eigenvalue weighted by Gasteiger charge is -2.20. The number of hydrogen-bond donors (Lipinski definition) is 1. The molecule has 0 bridgehead atoms. The lowest BCUT2D eigenvalue weighted by atomic mass is 9.97. The fourth-order valence-corrected chi connectivity index (χ4v) is 2.15. The first-order chi connectivity index (χ1) is 8.69. The number of hydrogen-bond acceptors (Lipinski definition) is 1. The predicted molar refractivity (Wildman–Crippen MR) is 81.0 cm³/mol. The van der Waals surface area contributed by atoms with Gasteiger partial charge in [-0.2, -0.15) is 0 Å². The summed E-state index contributed by atoms with van der Waals surface area (Å²) in [5, 5.41) is 3.66. The molecule has 1 rings (SSSR count). The lowest BCUT2D eigenvalue weighted by Crippen LogP contribution is -2.22. The van der Waals surface area contributed by atoms with E-state index >= 15 is 0 Å². The van der Waals surface area contributed by atoms with E-state index in [1.165, 1.54) is 36.0 Å². The second-order valence-corrected chi connectivity index (χ2v) is 5.07. The molecule has 0 aliphatic carbocycles. The summed E-state index contributed by atoms with van der Waals surface area (Å²) in [5.41, 5.74) is 4.19. The Labute approximate surface area is 112 Å². The Balaban J connectivity index is 2.72. The summed E-state index contributed by atoms with van der Waals surface area (Å²) in [6.45, 7) is 11.5. The molecule has 0 heterocycles. The van der Waals surface area contributed by atoms with Crippen LogP contribution in [0.15, 0.2) is 30.9 Å². The van der Waals surface area contributed by atoms with Gasteiger partial charge in [-0.15, -0.1) is 6.58 Å². The van der Waals surface area contributed by atoms with Crippen LogP contribution in [0.4, 0.5) is 0 Å². The Morgan fingerprint density at radius 1 is 1.28 bits per heavy atom. The highest BCUT2D eigenvalue weighted by molar-refractivity contribution is 5.31. The largest absolute Gasteiger partial charge is 0.310 e. The molecular weight excluding hydrogens is 218 g/mol. The van der Waals surface area contributed by atoms with Crippen molar-refractivity contribution in [2.24, 2.45) is 0 Å². The molecule has 0 amide bonds. The van der Waals surface area contributed by atoms with Crippen LogP contribution >= 0.6 is 0 Å². The maximum absolute atomic E-state index is 3.80. The van der Waals surface area contributed by atoms with Crippen LogP contribution in [0.25, 0.3) is 0 Å². The zero-order chi connectivity index (χ0) is 13.4. The van der Waals surface area contributed by atoms with E-state index in [0.717, 1.165) is 13.0 Å². The first-order valence-corrected chi connectivity index (χ1v) is 7.10. The Hall–Kier alpha value is -1.08. The van der Waals surface area contributed by atoms with E-state index in [9.17, 15) is 0 Å². The van der Waals surface area contributed by atoms with E-state index in [0.29, 0.717) is 6.04 Å². The van der Waals surface area contributed by atoms with E-state index in [-0.39, 0.29) is 0 Å². The fourth-order valence-electron chi connectivity index (χ4n) is 2.15. The van der Waals surface area contributed by atoms with Gasteiger partial charge in [0.15, 0.2) is 0 Å². The van der Waals surface area contributed by atoms with Gasteiger partial charge < -0.3 is 5.32 Å². The van der Waals surface area contributed by atoms with Gasteiger partial charge in [-0.3, -0.25) is 0 Å². The topological polar surface area (TPSA) is 12.0 Å². The standard InChI is InChI=1S/C17H27N/c1-5-7-8-9-17(18-12-6-2)16-11-10-14(3)15(4)13-16/h5,10-11,13,17-18H,1,6-9,12H2,2-4H3. The first-order valence-electron chi connectivity index (χ1n) is 7.10.